The van der Waals surface area contributed by atoms with E-state index in [1.54, 1.807) is 7.11 Å². The number of methoxy groups -OCH3 is 1. The highest BCUT2D eigenvalue weighted by Crippen LogP contribution is 2.34. The molecule has 4 heteroatoms. The van der Waals surface area contributed by atoms with Crippen LogP contribution in [0, 0.1) is 0 Å². The molecule has 1 unspecified atom stereocenters. The van der Waals surface area contributed by atoms with Crippen molar-refractivity contribution < 1.29 is 4.74 Å². The van der Waals surface area contributed by atoms with Crippen LogP contribution in [0.4, 0.5) is 0 Å². The summed E-state index contributed by atoms with van der Waals surface area (Å²) >= 11 is 7.33. The van der Waals surface area contributed by atoms with Gasteiger partial charge in [0.15, 0.2) is 0 Å². The van der Waals surface area contributed by atoms with Crippen molar-refractivity contribution in [3.05, 3.63) is 62.5 Å². The van der Waals surface area contributed by atoms with Gasteiger partial charge in [-0.3, -0.25) is 0 Å². The number of benzene rings is 2. The number of hydrogen-bond donors (Lipinski definition) is 1. The molecule has 0 heterocycles. The highest BCUT2D eigenvalue weighted by atomic mass is 79.9. The minimum atomic E-state index is 0.140. The van der Waals surface area contributed by atoms with E-state index in [9.17, 15) is 0 Å². The van der Waals surface area contributed by atoms with Crippen LogP contribution in [0.3, 0.4) is 0 Å². The third-order valence-corrected chi connectivity index (χ3v) is 4.74. The topological polar surface area (TPSA) is 21.3 Å². The average Bonchev–Trinajstić information content (AvgIpc) is 2.50. The van der Waals surface area contributed by atoms with Crippen LogP contribution in [0.1, 0.15) is 30.5 Å². The molecule has 0 bridgehead atoms. The van der Waals surface area contributed by atoms with Crippen LogP contribution < -0.4 is 10.1 Å². The summed E-state index contributed by atoms with van der Waals surface area (Å²) in [6, 6.07) is 14.6. The van der Waals surface area contributed by atoms with E-state index >= 15 is 0 Å². The molecule has 2 nitrogen and oxygen atoms in total. The number of rotatable bonds is 6. The molecule has 2 rings (SSSR count). The molecule has 0 saturated heterocycles. The fraction of sp³-hybridized carbons (Fsp3) is 0.294. The van der Waals surface area contributed by atoms with Crippen molar-refractivity contribution in [2.75, 3.05) is 13.7 Å². The molecule has 0 spiro atoms. The van der Waals surface area contributed by atoms with Crippen molar-refractivity contribution in [1.29, 1.82) is 0 Å². The smallest absolute Gasteiger partial charge is 0.120 e. The van der Waals surface area contributed by atoms with Gasteiger partial charge in [0.05, 0.1) is 13.2 Å². The lowest BCUT2D eigenvalue weighted by Crippen LogP contribution is -2.24. The van der Waals surface area contributed by atoms with Gasteiger partial charge < -0.3 is 10.1 Å². The average molecular weight is 413 g/mol. The molecule has 2 aromatic carbocycles. The molecule has 21 heavy (non-hydrogen) atoms. The first-order valence-electron chi connectivity index (χ1n) is 6.98. The van der Waals surface area contributed by atoms with Crippen molar-refractivity contribution >= 4 is 31.9 Å². The van der Waals surface area contributed by atoms with Gasteiger partial charge in [-0.2, -0.15) is 0 Å². The molecule has 0 amide bonds. The zero-order valence-corrected chi connectivity index (χ0v) is 15.4. The normalized spacial score (nSPS) is 12.2. The number of halogens is 2. The van der Waals surface area contributed by atoms with Crippen LogP contribution in [0.2, 0.25) is 0 Å². The van der Waals surface area contributed by atoms with Crippen LogP contribution in [0.15, 0.2) is 51.4 Å². The second kappa shape index (κ2) is 7.97. The van der Waals surface area contributed by atoms with Gasteiger partial charge in [-0.25, -0.2) is 0 Å². The molecule has 0 radical (unpaired) electrons. The summed E-state index contributed by atoms with van der Waals surface area (Å²) in [4.78, 5) is 0. The Bertz CT molecular complexity index is 601. The van der Waals surface area contributed by atoms with Crippen LogP contribution in [0.25, 0.3) is 0 Å². The van der Waals surface area contributed by atoms with Gasteiger partial charge in [-0.15, -0.1) is 0 Å². The summed E-state index contributed by atoms with van der Waals surface area (Å²) in [5, 5.41) is 3.62. The van der Waals surface area contributed by atoms with Crippen molar-refractivity contribution in [3.8, 4) is 5.75 Å². The maximum absolute atomic E-state index is 5.28. The molecule has 0 aliphatic rings. The zero-order chi connectivity index (χ0) is 15.2. The van der Waals surface area contributed by atoms with Gasteiger partial charge >= 0.3 is 0 Å². The predicted molar refractivity (Wildman–Crippen MR) is 95.0 cm³/mol. The maximum Gasteiger partial charge on any atom is 0.120 e. The van der Waals surface area contributed by atoms with Gasteiger partial charge in [0, 0.05) is 8.95 Å². The molecule has 0 fully saturated rings. The van der Waals surface area contributed by atoms with Crippen molar-refractivity contribution in [2.24, 2.45) is 0 Å². The fourth-order valence-corrected chi connectivity index (χ4v) is 3.35. The lowest BCUT2D eigenvalue weighted by molar-refractivity contribution is 0.414. The first-order valence-corrected chi connectivity index (χ1v) is 8.57. The van der Waals surface area contributed by atoms with Gasteiger partial charge in [-0.1, -0.05) is 63.0 Å². The zero-order valence-electron chi connectivity index (χ0n) is 12.2. The molecular weight excluding hydrogens is 394 g/mol. The van der Waals surface area contributed by atoms with Crippen molar-refractivity contribution in [3.63, 3.8) is 0 Å². The number of ether oxygens (including phenoxy) is 1. The van der Waals surface area contributed by atoms with Crippen LogP contribution in [-0.4, -0.2) is 13.7 Å². The van der Waals surface area contributed by atoms with E-state index in [1.165, 1.54) is 11.1 Å². The molecule has 0 aromatic heterocycles. The molecule has 112 valence electrons. The molecule has 1 atom stereocenters. The van der Waals surface area contributed by atoms with Gasteiger partial charge in [0.1, 0.15) is 5.75 Å². The maximum atomic E-state index is 5.28. The van der Waals surface area contributed by atoms with E-state index in [-0.39, 0.29) is 6.04 Å². The minimum Gasteiger partial charge on any atom is -0.497 e. The van der Waals surface area contributed by atoms with E-state index in [1.807, 2.05) is 18.2 Å². The van der Waals surface area contributed by atoms with Gasteiger partial charge in [-0.05, 0) is 42.3 Å². The Labute approximate surface area is 143 Å². The Morgan fingerprint density at radius 3 is 2.38 bits per heavy atom. The Kier molecular flexibility index (Phi) is 6.27. The lowest BCUT2D eigenvalue weighted by atomic mass is 9.98. The minimum absolute atomic E-state index is 0.140. The second-order valence-corrected chi connectivity index (χ2v) is 6.50. The molecule has 2 aromatic rings. The Morgan fingerprint density at radius 1 is 1.05 bits per heavy atom. The summed E-state index contributed by atoms with van der Waals surface area (Å²) < 4.78 is 7.44. The standard InChI is InChI=1S/C17H19Br2NO/c1-3-10-20-17(13-6-4-5-7-15(13)18)14-9-8-12(21-2)11-16(14)19/h4-9,11,17,20H,3,10H2,1-2H3. The third kappa shape index (κ3) is 4.09. The van der Waals surface area contributed by atoms with Crippen LogP contribution in [0.5, 0.6) is 5.75 Å². The fourth-order valence-electron chi connectivity index (χ4n) is 2.25. The van der Waals surface area contributed by atoms with Crippen LogP contribution >= 0.6 is 31.9 Å². The SMILES string of the molecule is CCCNC(c1ccccc1Br)c1ccc(OC)cc1Br. The number of hydrogen-bond acceptors (Lipinski definition) is 2. The summed E-state index contributed by atoms with van der Waals surface area (Å²) in [6.07, 6.45) is 1.09. The first-order chi connectivity index (χ1) is 10.2. The van der Waals surface area contributed by atoms with E-state index < -0.39 is 0 Å². The number of nitrogens with one attached hydrogen (secondary N) is 1. The van der Waals surface area contributed by atoms with E-state index in [0.29, 0.717) is 0 Å². The quantitative estimate of drug-likeness (QED) is 0.694. The highest BCUT2D eigenvalue weighted by molar-refractivity contribution is 9.10. The van der Waals surface area contributed by atoms with E-state index in [2.05, 4.69) is 68.4 Å². The molecule has 1 N–H and O–H groups in total. The largest absolute Gasteiger partial charge is 0.497 e. The van der Waals surface area contributed by atoms with Gasteiger partial charge in [0.25, 0.3) is 0 Å². The Hall–Kier alpha value is -0.840. The first kappa shape index (κ1) is 16.5. The van der Waals surface area contributed by atoms with E-state index in [4.69, 9.17) is 4.74 Å². The van der Waals surface area contributed by atoms with Crippen LogP contribution in [-0.2, 0) is 0 Å². The summed E-state index contributed by atoms with van der Waals surface area (Å²) in [5.74, 6) is 0.854. The predicted octanol–water partition coefficient (Wildman–Crippen LogP) is 5.31. The molecule has 0 saturated carbocycles. The monoisotopic (exact) mass is 411 g/mol. The third-order valence-electron chi connectivity index (χ3n) is 3.33. The lowest BCUT2D eigenvalue weighted by Gasteiger charge is -2.22. The second-order valence-electron chi connectivity index (χ2n) is 4.80. The molecular formula is C17H19Br2NO. The van der Waals surface area contributed by atoms with Crippen molar-refractivity contribution in [1.82, 2.24) is 5.32 Å². The highest BCUT2D eigenvalue weighted by Gasteiger charge is 2.18. The van der Waals surface area contributed by atoms with Gasteiger partial charge in [0.2, 0.25) is 0 Å². The summed E-state index contributed by atoms with van der Waals surface area (Å²) in [5.41, 5.74) is 2.44. The summed E-state index contributed by atoms with van der Waals surface area (Å²) in [7, 11) is 1.68. The van der Waals surface area contributed by atoms with Crippen molar-refractivity contribution in [2.45, 2.75) is 19.4 Å². The Morgan fingerprint density at radius 2 is 1.76 bits per heavy atom. The molecule has 0 aliphatic carbocycles. The van der Waals surface area contributed by atoms with E-state index in [0.717, 1.165) is 27.7 Å². The Balaban J connectivity index is 2.43. The molecule has 0 aliphatic heterocycles. The summed E-state index contributed by atoms with van der Waals surface area (Å²) in [6.45, 7) is 3.14.